The van der Waals surface area contributed by atoms with Gasteiger partial charge in [0.15, 0.2) is 0 Å². The second-order valence-corrected chi connectivity index (χ2v) is 2.26. The largest absolute Gasteiger partial charge is 1.00 e. The highest BCUT2D eigenvalue weighted by Gasteiger charge is 2.00. The van der Waals surface area contributed by atoms with E-state index in [0.29, 0.717) is 11.0 Å². The van der Waals surface area contributed by atoms with Gasteiger partial charge in [-0.25, -0.2) is 10.0 Å². The first-order chi connectivity index (χ1) is 3.06. The second-order valence-electron chi connectivity index (χ2n) is 2.26. The molecule has 0 aliphatic rings. The molecule has 0 aliphatic carbocycles. The number of halogens is 1. The summed E-state index contributed by atoms with van der Waals surface area (Å²) in [7, 11) is 5.61. The molecule has 0 aromatic carbocycles. The second kappa shape index (κ2) is 4.08. The minimum Gasteiger partial charge on any atom is -1.00 e. The molecule has 0 unspecified atom stereocenters. The molecule has 1 amide bonds. The van der Waals surface area contributed by atoms with Crippen molar-refractivity contribution in [2.45, 2.75) is 0 Å². The monoisotopic (exact) mass is 230 g/mol. The van der Waals surface area contributed by atoms with E-state index in [0.717, 1.165) is 0 Å². The Labute approximate surface area is 66.6 Å². The van der Waals surface area contributed by atoms with Gasteiger partial charge in [-0.1, -0.05) is 0 Å². The van der Waals surface area contributed by atoms with E-state index in [9.17, 15) is 4.79 Å². The molecule has 4 heteroatoms. The van der Waals surface area contributed by atoms with Gasteiger partial charge in [-0.05, 0) is 0 Å². The summed E-state index contributed by atoms with van der Waals surface area (Å²) < 4.78 is 0.476. The van der Waals surface area contributed by atoms with Crippen LogP contribution < -0.4 is 29.4 Å². The van der Waals surface area contributed by atoms with Gasteiger partial charge in [-0.2, -0.15) is 0 Å². The molecule has 3 nitrogen and oxygen atoms in total. The van der Waals surface area contributed by atoms with Gasteiger partial charge in [-0.3, -0.25) is 4.79 Å². The maximum absolute atomic E-state index is 9.69. The fraction of sp³-hybridized carbons (Fsp3) is 0.750. The number of nitrogens with one attached hydrogen (secondary N) is 1. The summed E-state index contributed by atoms with van der Waals surface area (Å²) in [5, 5.41) is 0. The molecule has 0 aromatic rings. The van der Waals surface area contributed by atoms with Crippen LogP contribution in [-0.4, -0.2) is 32.1 Å². The zero-order valence-corrected chi connectivity index (χ0v) is 7.47. The molecule has 0 bridgehead atoms. The normalized spacial score (nSPS) is 9.38. The molecule has 0 atom stereocenters. The summed E-state index contributed by atoms with van der Waals surface area (Å²) in [6, 6.07) is 0. The van der Waals surface area contributed by atoms with Crippen LogP contribution in [0.1, 0.15) is 0 Å². The van der Waals surface area contributed by atoms with Gasteiger partial charge < -0.3 is 24.0 Å². The first-order valence-corrected chi connectivity index (χ1v) is 2.09. The van der Waals surface area contributed by atoms with E-state index in [-0.39, 0.29) is 24.0 Å². The lowest BCUT2D eigenvalue weighted by Crippen LogP contribution is -3.00. The van der Waals surface area contributed by atoms with Crippen LogP contribution in [0.5, 0.6) is 0 Å². The number of quaternary nitrogens is 1. The van der Waals surface area contributed by atoms with Crippen LogP contribution in [0.4, 0.5) is 0 Å². The van der Waals surface area contributed by atoms with Crippen LogP contribution in [0.3, 0.4) is 0 Å². The molecule has 0 spiro atoms. The molecular weight excluding hydrogens is 219 g/mol. The molecule has 0 radical (unpaired) electrons. The topological polar surface area (TPSA) is 29.1 Å². The fourth-order valence-corrected chi connectivity index (χ4v) is 0.158. The quantitative estimate of drug-likeness (QED) is 0.225. The standard InChI is InChI=1S/C4H10N2O.HI/c1-6(2,3)5-4-7;/h4H,1-3H3;1H. The van der Waals surface area contributed by atoms with Crippen LogP contribution in [-0.2, 0) is 4.79 Å². The van der Waals surface area contributed by atoms with E-state index < -0.39 is 0 Å². The van der Waals surface area contributed by atoms with Gasteiger partial charge in [0.25, 0.3) is 6.41 Å². The van der Waals surface area contributed by atoms with E-state index >= 15 is 0 Å². The van der Waals surface area contributed by atoms with Crippen molar-refractivity contribution < 1.29 is 33.4 Å². The van der Waals surface area contributed by atoms with Gasteiger partial charge in [0.05, 0.1) is 21.1 Å². The number of hydrogen-bond donors (Lipinski definition) is 1. The van der Waals surface area contributed by atoms with Gasteiger partial charge in [0, 0.05) is 0 Å². The van der Waals surface area contributed by atoms with E-state index in [2.05, 4.69) is 5.43 Å². The van der Waals surface area contributed by atoms with E-state index in [1.807, 2.05) is 21.1 Å². The molecule has 0 saturated carbocycles. The van der Waals surface area contributed by atoms with Crippen molar-refractivity contribution >= 4 is 6.41 Å². The highest BCUT2D eigenvalue weighted by atomic mass is 127. The van der Waals surface area contributed by atoms with Crippen molar-refractivity contribution in [3.8, 4) is 0 Å². The fourth-order valence-electron chi connectivity index (χ4n) is 0.158. The summed E-state index contributed by atoms with van der Waals surface area (Å²) in [5.41, 5.74) is 2.54. The Balaban J connectivity index is 0. The summed E-state index contributed by atoms with van der Waals surface area (Å²) in [4.78, 5) is 9.69. The molecule has 0 aromatic heterocycles. The van der Waals surface area contributed by atoms with Gasteiger partial charge >= 0.3 is 0 Å². The lowest BCUT2D eigenvalue weighted by molar-refractivity contribution is -0.905. The number of amides is 1. The van der Waals surface area contributed by atoms with Crippen LogP contribution in [0.2, 0.25) is 0 Å². The molecule has 0 saturated heterocycles. The van der Waals surface area contributed by atoms with Gasteiger partial charge in [0.1, 0.15) is 0 Å². The average Bonchev–Trinajstić information content (AvgIpc) is 1.30. The van der Waals surface area contributed by atoms with Crippen LogP contribution >= 0.6 is 0 Å². The highest BCUT2D eigenvalue weighted by Crippen LogP contribution is 1.74. The van der Waals surface area contributed by atoms with Crippen molar-refractivity contribution in [2.75, 3.05) is 21.1 Å². The van der Waals surface area contributed by atoms with E-state index in [1.165, 1.54) is 0 Å². The molecule has 0 fully saturated rings. The van der Waals surface area contributed by atoms with Crippen molar-refractivity contribution in [1.82, 2.24) is 5.43 Å². The van der Waals surface area contributed by atoms with Crippen molar-refractivity contribution in [3.05, 3.63) is 0 Å². The molecule has 8 heavy (non-hydrogen) atoms. The maximum Gasteiger partial charge on any atom is 0.252 e. The molecule has 0 heterocycles. The third-order valence-electron chi connectivity index (χ3n) is 0.440. The molecule has 50 valence electrons. The Hall–Kier alpha value is 0.160. The van der Waals surface area contributed by atoms with Crippen molar-refractivity contribution in [2.24, 2.45) is 0 Å². The zero-order chi connectivity index (χ0) is 5.91. The van der Waals surface area contributed by atoms with Gasteiger partial charge in [-0.15, -0.1) is 0 Å². The van der Waals surface area contributed by atoms with Crippen molar-refractivity contribution in [1.29, 1.82) is 0 Å². The smallest absolute Gasteiger partial charge is 0.252 e. The molecule has 0 aliphatic heterocycles. The lowest BCUT2D eigenvalue weighted by atomic mass is 10.9. The summed E-state index contributed by atoms with van der Waals surface area (Å²) in [6.45, 7) is 0. The highest BCUT2D eigenvalue weighted by molar-refractivity contribution is 5.43. The maximum atomic E-state index is 9.69. The third-order valence-corrected chi connectivity index (χ3v) is 0.440. The lowest BCUT2D eigenvalue weighted by Gasteiger charge is -2.19. The van der Waals surface area contributed by atoms with E-state index in [4.69, 9.17) is 0 Å². The third kappa shape index (κ3) is 9.48. The minimum atomic E-state index is 0. The number of carbonyl (C=O) groups excluding carboxylic acids is 1. The van der Waals surface area contributed by atoms with Crippen molar-refractivity contribution in [3.63, 3.8) is 0 Å². The first-order valence-electron chi connectivity index (χ1n) is 2.09. The predicted octanol–water partition coefficient (Wildman–Crippen LogP) is -3.64. The SMILES string of the molecule is C[N+](C)(C)NC=O.[I-]. The first kappa shape index (κ1) is 11.0. The van der Waals surface area contributed by atoms with Crippen LogP contribution in [0.25, 0.3) is 0 Å². The molecule has 1 N–H and O–H groups in total. The Bertz CT molecular complexity index is 68.9. The van der Waals surface area contributed by atoms with Gasteiger partial charge in [0.2, 0.25) is 0 Å². The number of rotatable bonds is 2. The van der Waals surface area contributed by atoms with E-state index in [1.54, 1.807) is 0 Å². The predicted molar refractivity (Wildman–Crippen MR) is 27.2 cm³/mol. The Morgan fingerprint density at radius 2 is 1.75 bits per heavy atom. The molecule has 0 rings (SSSR count). The number of carbonyl (C=O) groups is 1. The minimum absolute atomic E-state index is 0. The summed E-state index contributed by atoms with van der Waals surface area (Å²) in [5.74, 6) is 0. The summed E-state index contributed by atoms with van der Waals surface area (Å²) >= 11 is 0. The zero-order valence-electron chi connectivity index (χ0n) is 5.31. The number of nitrogens with zero attached hydrogens (tertiary/aromatic N) is 1. The Kier molecular flexibility index (Phi) is 5.62. The Morgan fingerprint density at radius 3 is 1.75 bits per heavy atom. The summed E-state index contributed by atoms with van der Waals surface area (Å²) in [6.07, 6.45) is 0.681. The van der Waals surface area contributed by atoms with Crippen LogP contribution in [0, 0.1) is 0 Å². The Morgan fingerprint density at radius 1 is 1.38 bits per heavy atom. The van der Waals surface area contributed by atoms with Crippen LogP contribution in [0.15, 0.2) is 0 Å². The molecular formula is C4H11IN2O. The number of hydrogen-bond acceptors (Lipinski definition) is 1. The average molecular weight is 230 g/mol.